The minimum Gasteiger partial charge on any atom is -0.497 e. The van der Waals surface area contributed by atoms with Crippen molar-refractivity contribution in [1.29, 1.82) is 0 Å². The van der Waals surface area contributed by atoms with Crippen LogP contribution < -0.4 is 19.6 Å². The molecule has 0 bridgehead atoms. The molecule has 8 heteroatoms. The number of furan rings is 1. The molecule has 7 nitrogen and oxygen atoms in total. The van der Waals surface area contributed by atoms with Gasteiger partial charge in [0, 0.05) is 0 Å². The summed E-state index contributed by atoms with van der Waals surface area (Å²) in [5.41, 5.74) is 1.38. The lowest BCUT2D eigenvalue weighted by atomic mass is 10.0. The zero-order valence-electron chi connectivity index (χ0n) is 16.7. The Bertz CT molecular complexity index is 1300. The van der Waals surface area contributed by atoms with Gasteiger partial charge in [-0.2, -0.15) is 0 Å². The highest BCUT2D eigenvalue weighted by Crippen LogP contribution is 2.30. The van der Waals surface area contributed by atoms with Gasteiger partial charge in [-0.15, -0.1) is 0 Å². The standard InChI is InChI=1S/C22H20N2O5S/c1-4-28-21(26)18-13(2)23-22-24(19(18)16-9-6-10-29-16)20(25)17(30-22)12-14-7-5-8-15(11-14)27-3/h5-12,19H,4H2,1-3H3. The Hall–Kier alpha value is -3.39. The van der Waals surface area contributed by atoms with Crippen LogP contribution in [-0.2, 0) is 9.53 Å². The van der Waals surface area contributed by atoms with Crippen LogP contribution in [0.15, 0.2) is 68.1 Å². The van der Waals surface area contributed by atoms with Crippen LogP contribution in [0.3, 0.4) is 0 Å². The Morgan fingerprint density at radius 3 is 2.87 bits per heavy atom. The van der Waals surface area contributed by atoms with Crippen molar-refractivity contribution in [2.45, 2.75) is 19.9 Å². The maximum absolute atomic E-state index is 13.3. The highest BCUT2D eigenvalue weighted by Gasteiger charge is 2.34. The molecule has 0 saturated carbocycles. The number of aromatic nitrogens is 1. The second kappa shape index (κ2) is 8.16. The molecule has 0 N–H and O–H groups in total. The van der Waals surface area contributed by atoms with Gasteiger partial charge in [0.1, 0.15) is 17.6 Å². The first-order chi connectivity index (χ1) is 14.5. The van der Waals surface area contributed by atoms with Crippen molar-refractivity contribution < 1.29 is 18.7 Å². The molecule has 0 radical (unpaired) electrons. The summed E-state index contributed by atoms with van der Waals surface area (Å²) in [5.74, 6) is 0.661. The summed E-state index contributed by atoms with van der Waals surface area (Å²) in [6.45, 7) is 3.70. The number of ether oxygens (including phenoxy) is 2. The summed E-state index contributed by atoms with van der Waals surface area (Å²) >= 11 is 1.26. The molecule has 30 heavy (non-hydrogen) atoms. The number of hydrogen-bond acceptors (Lipinski definition) is 7. The van der Waals surface area contributed by atoms with Gasteiger partial charge < -0.3 is 13.9 Å². The summed E-state index contributed by atoms with van der Waals surface area (Å²) in [5, 5.41) is 0. The predicted octanol–water partition coefficient (Wildman–Crippen LogP) is 2.40. The highest BCUT2D eigenvalue weighted by molar-refractivity contribution is 7.07. The number of carbonyl (C=O) groups is 1. The van der Waals surface area contributed by atoms with Gasteiger partial charge >= 0.3 is 5.97 Å². The molecule has 4 rings (SSSR count). The van der Waals surface area contributed by atoms with Crippen LogP contribution in [0.1, 0.15) is 31.2 Å². The topological polar surface area (TPSA) is 83.0 Å². The summed E-state index contributed by atoms with van der Waals surface area (Å²) in [6, 6.07) is 10.2. The number of allylic oxidation sites excluding steroid dienone is 1. The molecular weight excluding hydrogens is 404 g/mol. The Kier molecular flexibility index (Phi) is 5.41. The average molecular weight is 424 g/mol. The van der Waals surface area contributed by atoms with E-state index in [9.17, 15) is 9.59 Å². The van der Waals surface area contributed by atoms with Crippen LogP contribution in [0, 0.1) is 0 Å². The quantitative estimate of drug-likeness (QED) is 0.588. The minimum atomic E-state index is -0.734. The van der Waals surface area contributed by atoms with Crippen LogP contribution in [0.25, 0.3) is 6.08 Å². The van der Waals surface area contributed by atoms with Gasteiger partial charge in [0.25, 0.3) is 5.56 Å². The number of fused-ring (bicyclic) bond motifs is 1. The number of hydrogen-bond donors (Lipinski definition) is 0. The van der Waals surface area contributed by atoms with Crippen molar-refractivity contribution in [3.05, 3.63) is 84.9 Å². The van der Waals surface area contributed by atoms with Crippen molar-refractivity contribution in [3.63, 3.8) is 0 Å². The fourth-order valence-corrected chi connectivity index (χ4v) is 4.44. The number of esters is 1. The van der Waals surface area contributed by atoms with Crippen molar-refractivity contribution in [3.8, 4) is 5.75 Å². The average Bonchev–Trinajstić information content (AvgIpc) is 3.36. The van der Waals surface area contributed by atoms with E-state index in [4.69, 9.17) is 13.9 Å². The van der Waals surface area contributed by atoms with Gasteiger partial charge in [-0.05, 0) is 49.8 Å². The highest BCUT2D eigenvalue weighted by atomic mass is 32.1. The summed E-state index contributed by atoms with van der Waals surface area (Å²) in [6.07, 6.45) is 3.30. The van der Waals surface area contributed by atoms with Gasteiger partial charge in [0.2, 0.25) is 0 Å². The molecule has 154 valence electrons. The molecule has 2 aromatic heterocycles. The first-order valence-corrected chi connectivity index (χ1v) is 10.2. The molecule has 0 amide bonds. The van der Waals surface area contributed by atoms with E-state index in [-0.39, 0.29) is 12.2 Å². The smallest absolute Gasteiger partial charge is 0.338 e. The molecule has 3 heterocycles. The van der Waals surface area contributed by atoms with E-state index < -0.39 is 12.0 Å². The van der Waals surface area contributed by atoms with Crippen molar-refractivity contribution in [2.75, 3.05) is 13.7 Å². The maximum atomic E-state index is 13.3. The van der Waals surface area contributed by atoms with E-state index in [0.29, 0.717) is 32.1 Å². The van der Waals surface area contributed by atoms with Crippen LogP contribution in [0.4, 0.5) is 0 Å². The lowest BCUT2D eigenvalue weighted by Gasteiger charge is -2.22. The molecule has 3 aromatic rings. The number of rotatable bonds is 5. The molecule has 1 atom stereocenters. The van der Waals surface area contributed by atoms with E-state index in [1.54, 1.807) is 39.2 Å². The van der Waals surface area contributed by atoms with E-state index in [1.165, 1.54) is 22.2 Å². The Morgan fingerprint density at radius 1 is 1.33 bits per heavy atom. The van der Waals surface area contributed by atoms with Crippen LogP contribution in [-0.4, -0.2) is 24.3 Å². The molecule has 1 aliphatic rings. The summed E-state index contributed by atoms with van der Waals surface area (Å²) < 4.78 is 18.1. The van der Waals surface area contributed by atoms with Crippen LogP contribution in [0.2, 0.25) is 0 Å². The van der Waals surface area contributed by atoms with E-state index in [1.807, 2.05) is 24.3 Å². The maximum Gasteiger partial charge on any atom is 0.338 e. The molecule has 0 aliphatic carbocycles. The van der Waals surface area contributed by atoms with Gasteiger partial charge in [-0.25, -0.2) is 9.79 Å². The van der Waals surface area contributed by atoms with Crippen LogP contribution >= 0.6 is 11.3 Å². The molecule has 1 aromatic carbocycles. The van der Waals surface area contributed by atoms with E-state index in [2.05, 4.69) is 4.99 Å². The summed E-state index contributed by atoms with van der Waals surface area (Å²) in [7, 11) is 1.59. The first-order valence-electron chi connectivity index (χ1n) is 9.40. The van der Waals surface area contributed by atoms with Crippen molar-refractivity contribution >= 4 is 23.4 Å². The molecule has 1 unspecified atom stereocenters. The lowest BCUT2D eigenvalue weighted by molar-refractivity contribution is -0.139. The number of carbonyl (C=O) groups excluding carboxylic acids is 1. The normalized spacial score (nSPS) is 16.2. The SMILES string of the molecule is CCOC(=O)C1=C(C)N=c2sc(=Cc3cccc(OC)c3)c(=O)n2C1c1ccco1. The van der Waals surface area contributed by atoms with Crippen LogP contribution in [0.5, 0.6) is 5.75 Å². The van der Waals surface area contributed by atoms with E-state index >= 15 is 0 Å². The molecule has 0 saturated heterocycles. The number of benzene rings is 1. The fourth-order valence-electron chi connectivity index (χ4n) is 3.39. The number of methoxy groups -OCH3 is 1. The van der Waals surface area contributed by atoms with Gasteiger partial charge in [0.15, 0.2) is 4.80 Å². The van der Waals surface area contributed by atoms with Gasteiger partial charge in [-0.3, -0.25) is 9.36 Å². The van der Waals surface area contributed by atoms with Crippen molar-refractivity contribution in [2.24, 2.45) is 4.99 Å². The second-order valence-corrected chi connectivity index (χ2v) is 7.60. The predicted molar refractivity (Wildman–Crippen MR) is 112 cm³/mol. The third-order valence-electron chi connectivity index (χ3n) is 4.72. The minimum absolute atomic E-state index is 0.223. The largest absolute Gasteiger partial charge is 0.497 e. The van der Waals surface area contributed by atoms with Crippen molar-refractivity contribution in [1.82, 2.24) is 4.57 Å². The molecular formula is C22H20N2O5S. The Morgan fingerprint density at radius 2 is 2.17 bits per heavy atom. The third kappa shape index (κ3) is 3.50. The molecule has 0 fully saturated rings. The third-order valence-corrected chi connectivity index (χ3v) is 5.70. The fraction of sp³-hybridized carbons (Fsp3) is 0.227. The summed E-state index contributed by atoms with van der Waals surface area (Å²) in [4.78, 5) is 31.1. The number of nitrogens with zero attached hydrogens (tertiary/aromatic N) is 2. The van der Waals surface area contributed by atoms with E-state index in [0.717, 1.165) is 5.56 Å². The van der Waals surface area contributed by atoms with Gasteiger partial charge in [-0.1, -0.05) is 23.5 Å². The lowest BCUT2D eigenvalue weighted by Crippen LogP contribution is -2.39. The van der Waals surface area contributed by atoms with Gasteiger partial charge in [0.05, 0.1) is 35.8 Å². The Balaban J connectivity index is 1.92. The first kappa shape index (κ1) is 19.9. The zero-order chi connectivity index (χ0) is 21.3. The zero-order valence-corrected chi connectivity index (χ0v) is 17.6. The monoisotopic (exact) mass is 424 g/mol. The number of thiazole rings is 1. The Labute approximate surface area is 176 Å². The molecule has 0 spiro atoms. The second-order valence-electron chi connectivity index (χ2n) is 6.59. The molecule has 1 aliphatic heterocycles.